The van der Waals surface area contributed by atoms with Crippen LogP contribution in [-0.2, 0) is 0 Å². The number of nitrogens with zero attached hydrogens (tertiary/aromatic N) is 2. The molecule has 1 saturated heterocycles. The molecule has 0 saturated carbocycles. The van der Waals surface area contributed by atoms with Gasteiger partial charge in [0.2, 0.25) is 0 Å². The smallest absolute Gasteiger partial charge is 0.0722 e. The number of rotatable bonds is 3. The predicted molar refractivity (Wildman–Crippen MR) is 85.3 cm³/mol. The van der Waals surface area contributed by atoms with E-state index in [1.807, 2.05) is 12.3 Å². The van der Waals surface area contributed by atoms with E-state index in [0.29, 0.717) is 6.04 Å². The number of pyridine rings is 1. The highest BCUT2D eigenvalue weighted by Gasteiger charge is 2.18. The summed E-state index contributed by atoms with van der Waals surface area (Å²) in [6.07, 6.45) is 5.56. The minimum atomic E-state index is 0.606. The van der Waals surface area contributed by atoms with E-state index in [4.69, 9.17) is 0 Å². The van der Waals surface area contributed by atoms with E-state index in [1.54, 1.807) is 0 Å². The molecule has 1 atom stereocenters. The molecule has 1 aromatic carbocycles. The molecule has 3 nitrogen and oxygen atoms in total. The van der Waals surface area contributed by atoms with Gasteiger partial charge in [0.15, 0.2) is 0 Å². The molecule has 0 spiro atoms. The van der Waals surface area contributed by atoms with Gasteiger partial charge in [-0.2, -0.15) is 0 Å². The molecule has 106 valence electrons. The van der Waals surface area contributed by atoms with Gasteiger partial charge in [-0.15, -0.1) is 0 Å². The summed E-state index contributed by atoms with van der Waals surface area (Å²) in [6, 6.07) is 11.3. The van der Waals surface area contributed by atoms with Gasteiger partial charge in [0.1, 0.15) is 0 Å². The Morgan fingerprint density at radius 2 is 2.25 bits per heavy atom. The quantitative estimate of drug-likeness (QED) is 0.927. The lowest BCUT2D eigenvalue weighted by Gasteiger charge is -2.27. The van der Waals surface area contributed by atoms with Crippen LogP contribution in [0.1, 0.15) is 26.2 Å². The summed E-state index contributed by atoms with van der Waals surface area (Å²) in [5, 5.41) is 4.94. The fourth-order valence-electron chi connectivity index (χ4n) is 3.12. The number of hydrogen-bond acceptors (Lipinski definition) is 3. The van der Waals surface area contributed by atoms with Crippen LogP contribution < -0.4 is 10.2 Å². The number of hydrogen-bond donors (Lipinski definition) is 1. The lowest BCUT2D eigenvalue weighted by atomic mass is 10.1. The van der Waals surface area contributed by atoms with Crippen LogP contribution in [0, 0.1) is 0 Å². The van der Waals surface area contributed by atoms with Crippen molar-refractivity contribution in [1.82, 2.24) is 10.3 Å². The monoisotopic (exact) mass is 269 g/mol. The van der Waals surface area contributed by atoms with Gasteiger partial charge in [0.25, 0.3) is 0 Å². The minimum absolute atomic E-state index is 0.606. The number of benzene rings is 1. The van der Waals surface area contributed by atoms with Gasteiger partial charge in [-0.05, 0) is 43.7 Å². The molecular formula is C17H23N3. The summed E-state index contributed by atoms with van der Waals surface area (Å²) < 4.78 is 0. The highest BCUT2D eigenvalue weighted by Crippen LogP contribution is 2.26. The van der Waals surface area contributed by atoms with Crippen molar-refractivity contribution >= 4 is 16.6 Å². The SMILES string of the molecule is CCCC1CN(c2cccc3ncccc23)CCCN1. The van der Waals surface area contributed by atoms with E-state index in [0.717, 1.165) is 25.2 Å². The number of aromatic nitrogens is 1. The van der Waals surface area contributed by atoms with Gasteiger partial charge in [-0.25, -0.2) is 0 Å². The highest BCUT2D eigenvalue weighted by atomic mass is 15.2. The summed E-state index contributed by atoms with van der Waals surface area (Å²) in [6.45, 7) is 5.62. The fourth-order valence-corrected chi connectivity index (χ4v) is 3.12. The average Bonchev–Trinajstić information content (AvgIpc) is 2.73. The molecule has 1 aromatic heterocycles. The third-order valence-electron chi connectivity index (χ3n) is 4.08. The van der Waals surface area contributed by atoms with E-state index in [2.05, 4.69) is 46.4 Å². The van der Waals surface area contributed by atoms with Crippen LogP contribution in [0.4, 0.5) is 5.69 Å². The Morgan fingerprint density at radius 3 is 3.15 bits per heavy atom. The zero-order chi connectivity index (χ0) is 13.8. The van der Waals surface area contributed by atoms with Crippen molar-refractivity contribution in [2.75, 3.05) is 24.5 Å². The number of nitrogens with one attached hydrogen (secondary N) is 1. The molecule has 1 unspecified atom stereocenters. The van der Waals surface area contributed by atoms with Crippen molar-refractivity contribution in [3.05, 3.63) is 36.5 Å². The normalized spacial score (nSPS) is 20.1. The molecule has 0 amide bonds. The van der Waals surface area contributed by atoms with Crippen LogP contribution in [0.15, 0.2) is 36.5 Å². The maximum Gasteiger partial charge on any atom is 0.0722 e. The van der Waals surface area contributed by atoms with Gasteiger partial charge in [0, 0.05) is 36.4 Å². The van der Waals surface area contributed by atoms with Crippen molar-refractivity contribution in [2.24, 2.45) is 0 Å². The van der Waals surface area contributed by atoms with Gasteiger partial charge in [-0.3, -0.25) is 4.98 Å². The summed E-state index contributed by atoms with van der Waals surface area (Å²) in [4.78, 5) is 7.01. The molecule has 1 aliphatic heterocycles. The Bertz CT molecular complexity index is 562. The molecule has 3 rings (SSSR count). The van der Waals surface area contributed by atoms with Crippen LogP contribution in [0.25, 0.3) is 10.9 Å². The van der Waals surface area contributed by atoms with Crippen molar-refractivity contribution < 1.29 is 0 Å². The maximum absolute atomic E-state index is 4.47. The molecule has 1 N–H and O–H groups in total. The Balaban J connectivity index is 1.92. The molecule has 20 heavy (non-hydrogen) atoms. The first-order valence-corrected chi connectivity index (χ1v) is 7.70. The molecular weight excluding hydrogens is 246 g/mol. The Hall–Kier alpha value is -1.61. The van der Waals surface area contributed by atoms with Crippen molar-refractivity contribution in [3.8, 4) is 0 Å². The molecule has 0 bridgehead atoms. The Morgan fingerprint density at radius 1 is 1.30 bits per heavy atom. The van der Waals surface area contributed by atoms with Gasteiger partial charge >= 0.3 is 0 Å². The Labute approximate surface area is 121 Å². The first-order chi connectivity index (χ1) is 9.88. The number of fused-ring (bicyclic) bond motifs is 1. The first kappa shape index (κ1) is 13.4. The van der Waals surface area contributed by atoms with Crippen LogP contribution >= 0.6 is 0 Å². The largest absolute Gasteiger partial charge is 0.369 e. The second-order valence-electron chi connectivity index (χ2n) is 5.59. The fraction of sp³-hybridized carbons (Fsp3) is 0.471. The van der Waals surface area contributed by atoms with Crippen LogP contribution in [0.3, 0.4) is 0 Å². The highest BCUT2D eigenvalue weighted by molar-refractivity contribution is 5.91. The third-order valence-corrected chi connectivity index (χ3v) is 4.08. The average molecular weight is 269 g/mol. The minimum Gasteiger partial charge on any atom is -0.369 e. The molecule has 0 aliphatic carbocycles. The van der Waals surface area contributed by atoms with E-state index in [9.17, 15) is 0 Å². The van der Waals surface area contributed by atoms with E-state index in [-0.39, 0.29) is 0 Å². The summed E-state index contributed by atoms with van der Waals surface area (Å²) >= 11 is 0. The number of anilines is 1. The van der Waals surface area contributed by atoms with E-state index in [1.165, 1.54) is 30.3 Å². The predicted octanol–water partition coefficient (Wildman–Crippen LogP) is 3.20. The molecule has 3 heteroatoms. The summed E-state index contributed by atoms with van der Waals surface area (Å²) in [5.74, 6) is 0. The van der Waals surface area contributed by atoms with Crippen molar-refractivity contribution in [3.63, 3.8) is 0 Å². The molecule has 1 aliphatic rings. The maximum atomic E-state index is 4.47. The third kappa shape index (κ3) is 2.78. The molecule has 0 radical (unpaired) electrons. The van der Waals surface area contributed by atoms with E-state index < -0.39 is 0 Å². The van der Waals surface area contributed by atoms with Gasteiger partial charge in [0.05, 0.1) is 5.52 Å². The lowest BCUT2D eigenvalue weighted by Crippen LogP contribution is -2.37. The standard InChI is InChI=1S/C17H23N3/c1-2-6-14-13-20(12-5-11-18-14)17-9-3-8-16-15(17)7-4-10-19-16/h3-4,7-10,14,18H,2,5-6,11-13H2,1H3. The zero-order valence-corrected chi connectivity index (χ0v) is 12.2. The Kier molecular flexibility index (Phi) is 4.16. The topological polar surface area (TPSA) is 28.2 Å². The summed E-state index contributed by atoms with van der Waals surface area (Å²) in [7, 11) is 0. The van der Waals surface area contributed by atoms with Gasteiger partial charge < -0.3 is 10.2 Å². The van der Waals surface area contributed by atoms with Crippen LogP contribution in [-0.4, -0.2) is 30.7 Å². The van der Waals surface area contributed by atoms with Crippen LogP contribution in [0.5, 0.6) is 0 Å². The second kappa shape index (κ2) is 6.23. The van der Waals surface area contributed by atoms with Crippen molar-refractivity contribution in [1.29, 1.82) is 0 Å². The molecule has 1 fully saturated rings. The zero-order valence-electron chi connectivity index (χ0n) is 12.2. The first-order valence-electron chi connectivity index (χ1n) is 7.70. The van der Waals surface area contributed by atoms with Gasteiger partial charge in [-0.1, -0.05) is 19.4 Å². The molecule has 2 heterocycles. The lowest BCUT2D eigenvalue weighted by molar-refractivity contribution is 0.503. The van der Waals surface area contributed by atoms with Crippen molar-refractivity contribution in [2.45, 2.75) is 32.2 Å². The van der Waals surface area contributed by atoms with Crippen LogP contribution in [0.2, 0.25) is 0 Å². The molecule has 2 aromatic rings. The van der Waals surface area contributed by atoms with E-state index >= 15 is 0 Å². The second-order valence-corrected chi connectivity index (χ2v) is 5.59. The summed E-state index contributed by atoms with van der Waals surface area (Å²) in [5.41, 5.74) is 2.43.